The van der Waals surface area contributed by atoms with E-state index in [1.165, 1.54) is 11.3 Å². The van der Waals surface area contributed by atoms with E-state index in [1.807, 2.05) is 32.2 Å². The number of hydrogen-bond donors (Lipinski definition) is 1. The molecule has 1 aliphatic heterocycles. The molecule has 9 nitrogen and oxygen atoms in total. The zero-order chi connectivity index (χ0) is 23.4. The van der Waals surface area contributed by atoms with Gasteiger partial charge in [-0.2, -0.15) is 5.26 Å². The molecule has 0 spiro atoms. The van der Waals surface area contributed by atoms with E-state index >= 15 is 0 Å². The molecule has 1 aliphatic rings. The highest BCUT2D eigenvalue weighted by Crippen LogP contribution is 2.37. The van der Waals surface area contributed by atoms with Crippen LogP contribution in [-0.2, 0) is 36.2 Å². The van der Waals surface area contributed by atoms with E-state index in [2.05, 4.69) is 21.4 Å². The first-order valence-electron chi connectivity index (χ1n) is 10.6. The lowest BCUT2D eigenvalue weighted by Gasteiger charge is -2.26. The largest absolute Gasteiger partial charge is 0.441 e. The van der Waals surface area contributed by atoms with Gasteiger partial charge in [0.25, 0.3) is 0 Å². The van der Waals surface area contributed by atoms with Crippen LogP contribution in [0.2, 0.25) is 0 Å². The van der Waals surface area contributed by atoms with E-state index in [-0.39, 0.29) is 24.9 Å². The maximum absolute atomic E-state index is 12.6. The molecule has 3 aromatic heterocycles. The van der Waals surface area contributed by atoms with Crippen molar-refractivity contribution in [2.24, 2.45) is 7.05 Å². The fraction of sp³-hybridized carbons (Fsp3) is 0.348. The molecule has 170 valence electrons. The van der Waals surface area contributed by atoms with Crippen molar-refractivity contribution in [2.75, 3.05) is 11.9 Å². The Balaban J connectivity index is 1.40. The Morgan fingerprint density at radius 2 is 2.18 bits per heavy atom. The molecule has 33 heavy (non-hydrogen) atoms. The Morgan fingerprint density at radius 3 is 2.88 bits per heavy atom. The SMILES string of the molecule is C[C@@H](CC(=O)Nc1sc2c(c1C#N)CCN(C(=O)OCc1nccn1C)C2)c1ccccn1. The predicted octanol–water partition coefficient (Wildman–Crippen LogP) is 3.58. The number of carbonyl (C=O) groups is 2. The van der Waals surface area contributed by atoms with Gasteiger partial charge in [0, 0.05) is 55.1 Å². The number of aryl methyl sites for hydroxylation is 1. The monoisotopic (exact) mass is 464 g/mol. The van der Waals surface area contributed by atoms with Crippen molar-refractivity contribution < 1.29 is 14.3 Å². The molecule has 1 atom stereocenters. The van der Waals surface area contributed by atoms with Crippen molar-refractivity contribution in [1.29, 1.82) is 5.26 Å². The van der Waals surface area contributed by atoms with Gasteiger partial charge in [0.15, 0.2) is 6.61 Å². The molecule has 1 N–H and O–H groups in total. The molecule has 10 heteroatoms. The molecule has 4 heterocycles. The Kier molecular flexibility index (Phi) is 6.70. The van der Waals surface area contributed by atoms with Gasteiger partial charge < -0.3 is 19.5 Å². The van der Waals surface area contributed by atoms with Crippen LogP contribution >= 0.6 is 11.3 Å². The van der Waals surface area contributed by atoms with E-state index in [0.29, 0.717) is 35.9 Å². The summed E-state index contributed by atoms with van der Waals surface area (Å²) in [6.07, 6.45) is 5.52. The molecule has 0 aromatic carbocycles. The van der Waals surface area contributed by atoms with Crippen LogP contribution in [0.4, 0.5) is 9.80 Å². The fourth-order valence-corrected chi connectivity index (χ4v) is 4.98. The summed E-state index contributed by atoms with van der Waals surface area (Å²) in [6, 6.07) is 7.85. The molecule has 0 aliphatic carbocycles. The van der Waals surface area contributed by atoms with Crippen molar-refractivity contribution in [1.82, 2.24) is 19.4 Å². The van der Waals surface area contributed by atoms with E-state index in [4.69, 9.17) is 4.74 Å². The predicted molar refractivity (Wildman–Crippen MR) is 122 cm³/mol. The number of aromatic nitrogens is 3. The minimum atomic E-state index is -0.426. The number of imidazole rings is 1. The summed E-state index contributed by atoms with van der Waals surface area (Å²) in [7, 11) is 1.84. The van der Waals surface area contributed by atoms with Crippen molar-refractivity contribution >= 4 is 28.3 Å². The number of ether oxygens (including phenoxy) is 1. The Labute approximate surface area is 195 Å². The smallest absolute Gasteiger partial charge is 0.410 e. The first-order valence-corrected chi connectivity index (χ1v) is 11.4. The first kappa shape index (κ1) is 22.5. The Bertz CT molecular complexity index is 1200. The summed E-state index contributed by atoms with van der Waals surface area (Å²) in [4.78, 5) is 36.1. The summed E-state index contributed by atoms with van der Waals surface area (Å²) in [5.41, 5.74) is 2.22. The van der Waals surface area contributed by atoms with Crippen LogP contribution in [0.3, 0.4) is 0 Å². The highest BCUT2D eigenvalue weighted by atomic mass is 32.1. The van der Waals surface area contributed by atoms with Gasteiger partial charge in [-0.3, -0.25) is 9.78 Å². The van der Waals surface area contributed by atoms with Gasteiger partial charge in [0.1, 0.15) is 16.9 Å². The number of nitrogens with zero attached hydrogens (tertiary/aromatic N) is 5. The third-order valence-corrected chi connectivity index (χ3v) is 6.74. The number of nitrogens with one attached hydrogen (secondary N) is 1. The standard InChI is InChI=1S/C23H24N6O3S/c1-15(18-5-3-4-7-25-18)11-21(30)27-22-17(12-24)16-6-9-29(13-19(16)33-22)23(31)32-14-20-26-8-10-28(20)2/h3-5,7-8,10,15H,6,9,11,13-14H2,1-2H3,(H,27,30)/t15-/m0/s1. The van der Waals surface area contributed by atoms with Crippen molar-refractivity contribution in [3.05, 3.63) is 64.3 Å². The third-order valence-electron chi connectivity index (χ3n) is 5.61. The lowest BCUT2D eigenvalue weighted by molar-refractivity contribution is -0.116. The summed E-state index contributed by atoms with van der Waals surface area (Å²) in [6.45, 7) is 2.83. The fourth-order valence-electron chi connectivity index (χ4n) is 3.75. The van der Waals surface area contributed by atoms with E-state index in [9.17, 15) is 14.9 Å². The molecule has 2 amide bonds. The average Bonchev–Trinajstić information content (AvgIpc) is 3.39. The van der Waals surface area contributed by atoms with Crippen molar-refractivity contribution in [2.45, 2.75) is 38.8 Å². The lowest BCUT2D eigenvalue weighted by atomic mass is 10.0. The summed E-state index contributed by atoms with van der Waals surface area (Å²) in [5, 5.41) is 13.1. The van der Waals surface area contributed by atoms with Crippen LogP contribution < -0.4 is 5.32 Å². The van der Waals surface area contributed by atoms with E-state index < -0.39 is 6.09 Å². The van der Waals surface area contributed by atoms with Gasteiger partial charge in [-0.05, 0) is 24.1 Å². The number of carbonyl (C=O) groups excluding carboxylic acids is 2. The second kappa shape index (κ2) is 9.83. The summed E-state index contributed by atoms with van der Waals surface area (Å²) >= 11 is 1.34. The van der Waals surface area contributed by atoms with Gasteiger partial charge in [-0.15, -0.1) is 11.3 Å². The minimum absolute atomic E-state index is 0.0460. The van der Waals surface area contributed by atoms with Crippen LogP contribution in [0.5, 0.6) is 0 Å². The minimum Gasteiger partial charge on any atom is -0.441 e. The Hall–Kier alpha value is -3.71. The highest BCUT2D eigenvalue weighted by Gasteiger charge is 2.28. The third kappa shape index (κ3) is 5.04. The van der Waals surface area contributed by atoms with Gasteiger partial charge in [0.2, 0.25) is 5.91 Å². The molecule has 4 rings (SSSR count). The number of hydrogen-bond acceptors (Lipinski definition) is 7. The number of thiophene rings is 1. The molecule has 0 fully saturated rings. The molecule has 0 unspecified atom stereocenters. The van der Waals surface area contributed by atoms with E-state index in [0.717, 1.165) is 16.1 Å². The van der Waals surface area contributed by atoms with Gasteiger partial charge in [-0.25, -0.2) is 9.78 Å². The normalized spacial score (nSPS) is 13.7. The maximum atomic E-state index is 12.6. The number of amides is 2. The van der Waals surface area contributed by atoms with Gasteiger partial charge >= 0.3 is 6.09 Å². The number of pyridine rings is 1. The quantitative estimate of drug-likeness (QED) is 0.597. The lowest BCUT2D eigenvalue weighted by Crippen LogP contribution is -2.36. The highest BCUT2D eigenvalue weighted by molar-refractivity contribution is 7.16. The summed E-state index contributed by atoms with van der Waals surface area (Å²) < 4.78 is 7.20. The zero-order valence-corrected chi connectivity index (χ0v) is 19.3. The zero-order valence-electron chi connectivity index (χ0n) is 18.4. The van der Waals surface area contributed by atoms with Crippen molar-refractivity contribution in [3.8, 4) is 6.07 Å². The average molecular weight is 465 g/mol. The van der Waals surface area contributed by atoms with Gasteiger partial charge in [-0.1, -0.05) is 13.0 Å². The van der Waals surface area contributed by atoms with Crippen LogP contribution in [0.15, 0.2) is 36.8 Å². The van der Waals surface area contributed by atoms with Crippen LogP contribution in [0, 0.1) is 11.3 Å². The summed E-state index contributed by atoms with van der Waals surface area (Å²) in [5.74, 6) is 0.443. The molecular formula is C23H24N6O3S. The van der Waals surface area contributed by atoms with Crippen LogP contribution in [0.25, 0.3) is 0 Å². The van der Waals surface area contributed by atoms with E-state index in [1.54, 1.807) is 28.1 Å². The Morgan fingerprint density at radius 1 is 1.33 bits per heavy atom. The topological polar surface area (TPSA) is 113 Å². The van der Waals surface area contributed by atoms with Crippen LogP contribution in [-0.4, -0.2) is 38.0 Å². The number of fused-ring (bicyclic) bond motifs is 1. The molecule has 0 radical (unpaired) electrons. The van der Waals surface area contributed by atoms with Crippen molar-refractivity contribution in [3.63, 3.8) is 0 Å². The van der Waals surface area contributed by atoms with Crippen LogP contribution in [0.1, 0.15) is 46.8 Å². The maximum Gasteiger partial charge on any atom is 0.410 e. The first-order chi connectivity index (χ1) is 16.0. The second-order valence-corrected chi connectivity index (χ2v) is 9.01. The number of anilines is 1. The number of nitriles is 1. The molecular weight excluding hydrogens is 440 g/mol. The molecule has 3 aromatic rings. The number of rotatable bonds is 6. The second-order valence-electron chi connectivity index (χ2n) is 7.91. The van der Waals surface area contributed by atoms with Gasteiger partial charge in [0.05, 0.1) is 12.1 Å². The molecule has 0 saturated heterocycles. The molecule has 0 saturated carbocycles. The molecule has 0 bridgehead atoms.